The maximum atomic E-state index is 12.9. The van der Waals surface area contributed by atoms with E-state index in [2.05, 4.69) is 24.2 Å². The molecule has 169 valence electrons. The van der Waals surface area contributed by atoms with E-state index in [1.807, 2.05) is 26.0 Å². The fourth-order valence-corrected chi connectivity index (χ4v) is 4.10. The molecule has 2 aliphatic heterocycles. The van der Waals surface area contributed by atoms with Crippen molar-refractivity contribution in [2.75, 3.05) is 7.11 Å². The third kappa shape index (κ3) is 8.71. The second kappa shape index (κ2) is 15.0. The van der Waals surface area contributed by atoms with Crippen LogP contribution < -0.4 is 34.9 Å². The van der Waals surface area contributed by atoms with Crippen molar-refractivity contribution in [1.29, 1.82) is 0 Å². The molecular formula is C25H35BF2N2NaO. The normalized spacial score (nSPS) is 21.1. The molecule has 2 aliphatic rings. The maximum absolute atomic E-state index is 12.9. The molecule has 0 spiro atoms. The van der Waals surface area contributed by atoms with E-state index in [1.54, 1.807) is 18.2 Å². The number of benzene rings is 2. The Kier molecular flexibility index (Phi) is 14.5. The van der Waals surface area contributed by atoms with Crippen molar-refractivity contribution in [3.8, 4) is 0 Å². The van der Waals surface area contributed by atoms with Gasteiger partial charge in [0.15, 0.2) is 0 Å². The van der Waals surface area contributed by atoms with Gasteiger partial charge in [0.1, 0.15) is 11.6 Å². The number of hydrogen-bond donors (Lipinski definition) is 2. The van der Waals surface area contributed by atoms with Gasteiger partial charge < -0.3 is 11.8 Å². The summed E-state index contributed by atoms with van der Waals surface area (Å²) in [5, 5.41) is 10.5. The van der Waals surface area contributed by atoms with Crippen LogP contribution in [0.3, 0.4) is 0 Å². The Morgan fingerprint density at radius 3 is 2.00 bits per heavy atom. The van der Waals surface area contributed by atoms with Gasteiger partial charge in [0, 0.05) is 39.4 Å². The average Bonchev–Trinajstić information content (AvgIpc) is 3.32. The van der Waals surface area contributed by atoms with Crippen LogP contribution in [0.25, 0.3) is 0 Å². The predicted octanol–water partition coefficient (Wildman–Crippen LogP) is 2.40. The van der Waals surface area contributed by atoms with Crippen molar-refractivity contribution < 1.29 is 44.9 Å². The van der Waals surface area contributed by atoms with E-state index in [0.29, 0.717) is 18.1 Å². The number of aliphatic hydroxyl groups excluding tert-OH is 1. The molecule has 2 N–H and O–H groups in total. The Morgan fingerprint density at radius 2 is 1.53 bits per heavy atom. The van der Waals surface area contributed by atoms with Crippen molar-refractivity contribution in [1.82, 2.24) is 5.32 Å². The van der Waals surface area contributed by atoms with Crippen LogP contribution in [0.15, 0.2) is 41.4 Å². The number of halogens is 2. The van der Waals surface area contributed by atoms with Crippen molar-refractivity contribution in [2.45, 2.75) is 71.5 Å². The van der Waals surface area contributed by atoms with Crippen molar-refractivity contribution >= 4 is 14.1 Å². The molecule has 0 aliphatic carbocycles. The Hall–Kier alpha value is -1.05. The Morgan fingerprint density at radius 1 is 0.938 bits per heavy atom. The van der Waals surface area contributed by atoms with E-state index in [1.165, 1.54) is 18.1 Å². The first-order valence-corrected chi connectivity index (χ1v) is 10.6. The van der Waals surface area contributed by atoms with Crippen LogP contribution in [0, 0.1) is 25.5 Å². The summed E-state index contributed by atoms with van der Waals surface area (Å²) in [4.78, 5) is 4.54. The molecule has 0 saturated carbocycles. The van der Waals surface area contributed by atoms with Gasteiger partial charge in [-0.3, -0.25) is 4.99 Å². The summed E-state index contributed by atoms with van der Waals surface area (Å²) in [5.74, 6) is -0.310. The zero-order valence-electron chi connectivity index (χ0n) is 21.3. The topological polar surface area (TPSA) is 44.6 Å². The number of aliphatic hydroxyl groups is 1. The fourth-order valence-electron chi connectivity index (χ4n) is 4.10. The SMILES string of the molecule is CO.Cc1cc(F)ccc1C1=N[C@H](C)CC1.Cc1cc(F)ccc1C1CC[C@@H](C)N1.[B].[H-].[Na+]. The zero-order valence-corrected chi connectivity index (χ0v) is 22.3. The minimum Gasteiger partial charge on any atom is -1.00 e. The molecule has 3 radical (unpaired) electrons. The second-order valence-corrected chi connectivity index (χ2v) is 8.12. The summed E-state index contributed by atoms with van der Waals surface area (Å²) in [7, 11) is 1.00. The Bertz CT molecular complexity index is 885. The standard InChI is InChI=1S/C12H16FN.C12H14FN.CH4O.B.Na.H/c2*1-8-7-10(13)4-5-11(8)12-6-3-9(2)14-12;1-2;;;/h4-5,7,9,12,14H,3,6H2,1-2H3;4-5,7,9H,3,6H2,1-2H3;2H,1H3;;;/q;;;;+1;-1/t9-,12?;9-;;;;/m11..../s1. The number of aliphatic imine (C=N–C) groups is 1. The first-order chi connectivity index (χ1) is 14.3. The molecule has 0 aromatic heterocycles. The first-order valence-electron chi connectivity index (χ1n) is 10.6. The molecule has 2 aromatic carbocycles. The van der Waals surface area contributed by atoms with Crippen LogP contribution in [0.1, 0.15) is 69.3 Å². The van der Waals surface area contributed by atoms with E-state index < -0.39 is 0 Å². The van der Waals surface area contributed by atoms with E-state index in [0.717, 1.165) is 48.8 Å². The quantitative estimate of drug-likeness (QED) is 0.689. The number of nitrogens with zero attached hydrogens (tertiary/aromatic N) is 1. The van der Waals surface area contributed by atoms with Gasteiger partial charge in [0.25, 0.3) is 0 Å². The third-order valence-corrected chi connectivity index (χ3v) is 5.66. The molecule has 1 unspecified atom stereocenters. The van der Waals surface area contributed by atoms with Gasteiger partial charge in [-0.1, -0.05) is 6.07 Å². The molecule has 0 bridgehead atoms. The monoisotopic (exact) mass is 451 g/mol. The van der Waals surface area contributed by atoms with Gasteiger partial charge in [0.05, 0.1) is 0 Å². The van der Waals surface area contributed by atoms with E-state index in [9.17, 15) is 8.78 Å². The summed E-state index contributed by atoms with van der Waals surface area (Å²) in [6, 6.07) is 11.4. The van der Waals surface area contributed by atoms with Gasteiger partial charge in [-0.2, -0.15) is 0 Å². The number of hydrogen-bond acceptors (Lipinski definition) is 3. The molecule has 7 heteroatoms. The van der Waals surface area contributed by atoms with Gasteiger partial charge in [-0.05, 0) is 106 Å². The minimum absolute atomic E-state index is 0. The van der Waals surface area contributed by atoms with E-state index in [4.69, 9.17) is 5.11 Å². The molecule has 32 heavy (non-hydrogen) atoms. The molecule has 3 nitrogen and oxygen atoms in total. The second-order valence-electron chi connectivity index (χ2n) is 8.12. The molecule has 1 saturated heterocycles. The van der Waals surface area contributed by atoms with Gasteiger partial charge in [0.2, 0.25) is 0 Å². The summed E-state index contributed by atoms with van der Waals surface area (Å²) in [6.45, 7) is 8.22. The number of aryl methyl sites for hydroxylation is 2. The Balaban J connectivity index is 0. The van der Waals surface area contributed by atoms with Gasteiger partial charge in [-0.15, -0.1) is 0 Å². The predicted molar refractivity (Wildman–Crippen MR) is 127 cm³/mol. The fraction of sp³-hybridized carbons (Fsp3) is 0.480. The summed E-state index contributed by atoms with van der Waals surface area (Å²) in [6.07, 6.45) is 4.51. The van der Waals surface area contributed by atoms with Crippen LogP contribution in [0.5, 0.6) is 0 Å². The molecule has 2 heterocycles. The van der Waals surface area contributed by atoms with Crippen molar-refractivity contribution in [3.63, 3.8) is 0 Å². The first kappa shape index (κ1) is 31.0. The summed E-state index contributed by atoms with van der Waals surface area (Å²) >= 11 is 0. The molecule has 3 atom stereocenters. The summed E-state index contributed by atoms with van der Waals surface area (Å²) in [5.41, 5.74) is 5.52. The molecule has 4 rings (SSSR count). The molecule has 1 fully saturated rings. The molecule has 0 amide bonds. The van der Waals surface area contributed by atoms with Gasteiger partial charge >= 0.3 is 29.6 Å². The number of rotatable bonds is 2. The smallest absolute Gasteiger partial charge is 1.00 e. The van der Waals surface area contributed by atoms with Crippen LogP contribution in [0.4, 0.5) is 8.78 Å². The molecule has 2 aromatic rings. The average molecular weight is 451 g/mol. The number of nitrogens with one attached hydrogen (secondary N) is 1. The van der Waals surface area contributed by atoms with Crippen LogP contribution in [-0.4, -0.2) is 38.4 Å². The largest absolute Gasteiger partial charge is 1.00 e. The summed E-state index contributed by atoms with van der Waals surface area (Å²) < 4.78 is 25.8. The van der Waals surface area contributed by atoms with Crippen molar-refractivity contribution in [3.05, 3.63) is 70.3 Å². The van der Waals surface area contributed by atoms with E-state index in [-0.39, 0.29) is 51.0 Å². The Labute approximate surface area is 217 Å². The van der Waals surface area contributed by atoms with E-state index >= 15 is 0 Å². The van der Waals surface area contributed by atoms with Crippen LogP contribution in [0.2, 0.25) is 0 Å². The van der Waals surface area contributed by atoms with Crippen LogP contribution >= 0.6 is 0 Å². The zero-order chi connectivity index (χ0) is 22.3. The maximum Gasteiger partial charge on any atom is 1.00 e. The van der Waals surface area contributed by atoms with Gasteiger partial charge in [-0.25, -0.2) is 8.78 Å². The molecular weight excluding hydrogens is 416 g/mol. The minimum atomic E-state index is -0.169. The third-order valence-electron chi connectivity index (χ3n) is 5.66. The van der Waals surface area contributed by atoms with Crippen molar-refractivity contribution in [2.24, 2.45) is 4.99 Å². The van der Waals surface area contributed by atoms with Crippen LogP contribution in [-0.2, 0) is 0 Å².